The van der Waals surface area contributed by atoms with Crippen molar-refractivity contribution in [2.45, 2.75) is 0 Å². The third kappa shape index (κ3) is 2.74. The van der Waals surface area contributed by atoms with Crippen LogP contribution in [0.5, 0.6) is 0 Å². The molecule has 194 valence electrons. The lowest BCUT2D eigenvalue weighted by Crippen LogP contribution is -1.95. The molecule has 2 heteroatoms. The van der Waals surface area contributed by atoms with Crippen LogP contribution in [-0.4, -0.2) is 9.55 Å². The molecule has 2 heterocycles. The van der Waals surface area contributed by atoms with Crippen LogP contribution in [0.4, 0.5) is 0 Å². The predicted molar refractivity (Wildman–Crippen MR) is 180 cm³/mol. The summed E-state index contributed by atoms with van der Waals surface area (Å²) in [6.45, 7) is 0. The highest BCUT2D eigenvalue weighted by atomic mass is 15.0. The molecule has 0 amide bonds. The van der Waals surface area contributed by atoms with E-state index >= 15 is 0 Å². The molecule has 1 N–H and O–H groups in total. The molecule has 0 aliphatic carbocycles. The molecule has 0 atom stereocenters. The van der Waals surface area contributed by atoms with Gasteiger partial charge >= 0.3 is 0 Å². The quantitative estimate of drug-likeness (QED) is 0.203. The molecule has 10 aromatic rings. The van der Waals surface area contributed by atoms with Gasteiger partial charge in [-0.05, 0) is 51.2 Å². The third-order valence-corrected chi connectivity index (χ3v) is 9.24. The van der Waals surface area contributed by atoms with E-state index < -0.39 is 0 Å². The average molecular weight is 533 g/mol. The summed E-state index contributed by atoms with van der Waals surface area (Å²) < 4.78 is 2.49. The zero-order valence-electron chi connectivity index (χ0n) is 22.7. The molecule has 0 aliphatic heterocycles. The maximum absolute atomic E-state index is 3.83. The van der Waals surface area contributed by atoms with E-state index in [0.29, 0.717) is 0 Å². The molecule has 42 heavy (non-hydrogen) atoms. The van der Waals surface area contributed by atoms with Gasteiger partial charge in [-0.2, -0.15) is 0 Å². The summed E-state index contributed by atoms with van der Waals surface area (Å²) in [6.07, 6.45) is 0. The molecule has 2 aromatic heterocycles. The number of fused-ring (bicyclic) bond motifs is 16. The lowest BCUT2D eigenvalue weighted by atomic mass is 9.89. The molecular weight excluding hydrogens is 508 g/mol. The normalized spacial score (nSPS) is 12.3. The maximum atomic E-state index is 3.83. The van der Waals surface area contributed by atoms with Gasteiger partial charge in [0.05, 0.1) is 16.6 Å². The van der Waals surface area contributed by atoms with Crippen LogP contribution in [0.25, 0.3) is 92.4 Å². The Morgan fingerprint density at radius 3 is 1.86 bits per heavy atom. The summed E-state index contributed by atoms with van der Waals surface area (Å²) in [5.74, 6) is 0. The highest BCUT2D eigenvalue weighted by molar-refractivity contribution is 6.45. The maximum Gasteiger partial charge on any atom is 0.0626 e. The fourth-order valence-corrected chi connectivity index (χ4v) is 7.55. The number of hydrogen-bond donors (Lipinski definition) is 1. The Morgan fingerprint density at radius 2 is 1.02 bits per heavy atom. The standard InChI is InChI=1S/C40H24N2/c1-2-12-25-23-26(22-21-24(25)11-1)42-34-20-10-8-18-32(34)37-38-35(28-14-4-6-16-30(28)40(37)42)27-13-3-5-15-29(27)39-36(38)31-17-7-9-19-33(31)41-39/h1-23,41H. The van der Waals surface area contributed by atoms with Crippen molar-refractivity contribution >= 4 is 86.7 Å². The van der Waals surface area contributed by atoms with Gasteiger partial charge in [-0.25, -0.2) is 0 Å². The summed E-state index contributed by atoms with van der Waals surface area (Å²) in [7, 11) is 0. The smallest absolute Gasteiger partial charge is 0.0626 e. The van der Waals surface area contributed by atoms with Crippen LogP contribution < -0.4 is 0 Å². The van der Waals surface area contributed by atoms with Gasteiger partial charge in [0.1, 0.15) is 0 Å². The molecule has 0 unspecified atom stereocenters. The number of hydrogen-bond acceptors (Lipinski definition) is 0. The first-order chi connectivity index (χ1) is 20.9. The van der Waals surface area contributed by atoms with Crippen molar-refractivity contribution in [2.24, 2.45) is 0 Å². The fourth-order valence-electron chi connectivity index (χ4n) is 7.55. The molecule has 2 nitrogen and oxygen atoms in total. The summed E-state index contributed by atoms with van der Waals surface area (Å²) in [4.78, 5) is 3.83. The number of benzene rings is 8. The number of nitrogens with zero attached hydrogens (tertiary/aromatic N) is 1. The van der Waals surface area contributed by atoms with Gasteiger partial charge in [0.15, 0.2) is 0 Å². The Kier molecular flexibility index (Phi) is 4.21. The highest BCUT2D eigenvalue weighted by Crippen LogP contribution is 2.49. The third-order valence-electron chi connectivity index (χ3n) is 9.24. The monoisotopic (exact) mass is 532 g/mol. The Labute approximate surface area is 241 Å². The lowest BCUT2D eigenvalue weighted by Gasteiger charge is -2.15. The largest absolute Gasteiger partial charge is 0.354 e. The van der Waals surface area contributed by atoms with E-state index in [0.717, 1.165) is 0 Å². The van der Waals surface area contributed by atoms with Gasteiger partial charge in [0.25, 0.3) is 0 Å². The van der Waals surface area contributed by atoms with Gasteiger partial charge in [-0.15, -0.1) is 0 Å². The van der Waals surface area contributed by atoms with E-state index in [1.165, 1.54) is 92.4 Å². The number of para-hydroxylation sites is 2. The zero-order valence-corrected chi connectivity index (χ0v) is 22.7. The predicted octanol–water partition coefficient (Wildman–Crippen LogP) is 11.0. The minimum atomic E-state index is 1.17. The average Bonchev–Trinajstić information content (AvgIpc) is 3.62. The second-order valence-corrected chi connectivity index (χ2v) is 11.4. The van der Waals surface area contributed by atoms with Gasteiger partial charge in [0.2, 0.25) is 0 Å². The second-order valence-electron chi connectivity index (χ2n) is 11.4. The number of nitrogens with one attached hydrogen (secondary N) is 1. The number of aromatic amines is 1. The van der Waals surface area contributed by atoms with E-state index in [9.17, 15) is 0 Å². The highest BCUT2D eigenvalue weighted by Gasteiger charge is 2.23. The molecule has 8 aromatic carbocycles. The molecule has 10 rings (SSSR count). The van der Waals surface area contributed by atoms with Gasteiger partial charge in [0, 0.05) is 48.9 Å². The van der Waals surface area contributed by atoms with E-state index in [2.05, 4.69) is 149 Å². The lowest BCUT2D eigenvalue weighted by molar-refractivity contribution is 1.19. The topological polar surface area (TPSA) is 20.7 Å². The van der Waals surface area contributed by atoms with E-state index in [-0.39, 0.29) is 0 Å². The van der Waals surface area contributed by atoms with Crippen LogP contribution in [0.1, 0.15) is 0 Å². The Hall–Kier alpha value is -5.60. The van der Waals surface area contributed by atoms with Crippen molar-refractivity contribution in [2.75, 3.05) is 0 Å². The molecule has 0 saturated heterocycles. The molecule has 0 fully saturated rings. The molecular formula is C40H24N2. The number of rotatable bonds is 1. The molecule has 0 bridgehead atoms. The Morgan fingerprint density at radius 1 is 0.405 bits per heavy atom. The first kappa shape index (κ1) is 22.1. The summed E-state index contributed by atoms with van der Waals surface area (Å²) in [5.41, 5.74) is 6.04. The van der Waals surface area contributed by atoms with Crippen molar-refractivity contribution in [1.29, 1.82) is 0 Å². The van der Waals surface area contributed by atoms with Crippen LogP contribution in [-0.2, 0) is 0 Å². The van der Waals surface area contributed by atoms with Crippen molar-refractivity contribution in [3.05, 3.63) is 140 Å². The van der Waals surface area contributed by atoms with Crippen molar-refractivity contribution in [3.8, 4) is 5.69 Å². The van der Waals surface area contributed by atoms with E-state index in [1.807, 2.05) is 0 Å². The van der Waals surface area contributed by atoms with Crippen LogP contribution >= 0.6 is 0 Å². The van der Waals surface area contributed by atoms with Gasteiger partial charge in [-0.1, -0.05) is 115 Å². The molecule has 0 radical (unpaired) electrons. The zero-order chi connectivity index (χ0) is 27.4. The Bertz CT molecular complexity index is 2740. The van der Waals surface area contributed by atoms with Crippen molar-refractivity contribution < 1.29 is 0 Å². The SMILES string of the molecule is c1ccc2cc(-n3c4ccccc4c4c5c(c6ccccc6c6[nH]c7ccccc7c65)c5ccccc5c43)ccc2c1. The molecule has 0 aliphatic rings. The minimum Gasteiger partial charge on any atom is -0.354 e. The Balaban J connectivity index is 1.57. The van der Waals surface area contributed by atoms with Crippen LogP contribution in [0.15, 0.2) is 140 Å². The number of aromatic nitrogens is 2. The summed E-state index contributed by atoms with van der Waals surface area (Å²) in [5, 5.41) is 15.4. The molecule has 0 saturated carbocycles. The van der Waals surface area contributed by atoms with E-state index in [4.69, 9.17) is 0 Å². The second kappa shape index (κ2) is 7.99. The van der Waals surface area contributed by atoms with Crippen molar-refractivity contribution in [3.63, 3.8) is 0 Å². The van der Waals surface area contributed by atoms with Crippen LogP contribution in [0.3, 0.4) is 0 Å². The van der Waals surface area contributed by atoms with Crippen molar-refractivity contribution in [1.82, 2.24) is 9.55 Å². The first-order valence-electron chi connectivity index (χ1n) is 14.5. The minimum absolute atomic E-state index is 1.17. The van der Waals surface area contributed by atoms with E-state index in [1.54, 1.807) is 0 Å². The molecule has 0 spiro atoms. The number of H-pyrrole nitrogens is 1. The fraction of sp³-hybridized carbons (Fsp3) is 0. The first-order valence-corrected chi connectivity index (χ1v) is 14.5. The van der Waals surface area contributed by atoms with Gasteiger partial charge < -0.3 is 9.55 Å². The van der Waals surface area contributed by atoms with Gasteiger partial charge in [-0.3, -0.25) is 0 Å². The summed E-state index contributed by atoms with van der Waals surface area (Å²) >= 11 is 0. The summed E-state index contributed by atoms with van der Waals surface area (Å²) in [6, 6.07) is 51.1. The van der Waals surface area contributed by atoms with Crippen LogP contribution in [0.2, 0.25) is 0 Å². The van der Waals surface area contributed by atoms with Crippen LogP contribution in [0, 0.1) is 0 Å².